The number of rotatable bonds is 68. The number of aliphatic hydroxyl groups excluding tert-OH is 1. The Kier molecular flexibility index (Phi) is 68.2. The van der Waals surface area contributed by atoms with Crippen LogP contribution >= 0.6 is 0 Å². The van der Waals surface area contributed by atoms with Crippen LogP contribution in [0.15, 0.2) is 24.3 Å². The van der Waals surface area contributed by atoms with Crippen molar-refractivity contribution in [3.63, 3.8) is 0 Å². The number of ether oxygens (including phenoxy) is 2. The Morgan fingerprint density at radius 2 is 0.513 bits per heavy atom. The first kappa shape index (κ1) is 76.4. The summed E-state index contributed by atoms with van der Waals surface area (Å²) >= 11 is 0. The maximum Gasteiger partial charge on any atom is 0.306 e. The van der Waals surface area contributed by atoms with E-state index in [2.05, 4.69) is 38.2 Å². The molecule has 0 heterocycles. The predicted molar refractivity (Wildman–Crippen MR) is 344 cm³/mol. The van der Waals surface area contributed by atoms with Gasteiger partial charge in [0.05, 0.1) is 6.61 Å². The molecule has 462 valence electrons. The molecule has 0 saturated heterocycles. The van der Waals surface area contributed by atoms with E-state index >= 15 is 0 Å². The molecular formula is C73H140O5. The van der Waals surface area contributed by atoms with Gasteiger partial charge in [-0.15, -0.1) is 0 Å². The zero-order valence-electron chi connectivity index (χ0n) is 53.2. The molecule has 0 fully saturated rings. The first-order valence-electron chi connectivity index (χ1n) is 35.9. The van der Waals surface area contributed by atoms with E-state index in [1.807, 2.05) is 0 Å². The van der Waals surface area contributed by atoms with Crippen molar-refractivity contribution < 1.29 is 24.2 Å². The zero-order chi connectivity index (χ0) is 56.2. The van der Waals surface area contributed by atoms with Crippen molar-refractivity contribution in [2.75, 3.05) is 13.2 Å². The Labute approximate surface area is 489 Å². The quantitative estimate of drug-likeness (QED) is 0.0373. The largest absolute Gasteiger partial charge is 0.462 e. The van der Waals surface area contributed by atoms with Crippen LogP contribution in [0.25, 0.3) is 0 Å². The Hall–Kier alpha value is -1.62. The van der Waals surface area contributed by atoms with E-state index < -0.39 is 6.10 Å². The number of hydrogen-bond donors (Lipinski definition) is 1. The fourth-order valence-electron chi connectivity index (χ4n) is 11.4. The molecular weight excluding hydrogens is 957 g/mol. The standard InChI is InChI=1S/C73H140O5/c1-3-5-7-9-11-13-15-17-19-21-23-25-27-29-31-33-35-36-38-40-42-44-46-48-50-52-54-56-58-60-62-64-66-68-73(76)78-71(69-74)70-77-72(75)67-65-63-61-59-57-55-53-51-49-47-45-43-41-39-37-34-32-30-28-26-24-22-20-18-16-14-12-10-8-6-4-2/h15,17,21,23,71,74H,3-14,16,18-20,22,24-70H2,1-2H3/b17-15-,23-21-. The average Bonchev–Trinajstić information content (AvgIpc) is 3.44. The molecule has 0 aromatic carbocycles. The highest BCUT2D eigenvalue weighted by Gasteiger charge is 2.16. The molecule has 0 rings (SSSR count). The molecule has 0 bridgehead atoms. The maximum atomic E-state index is 12.4. The molecule has 0 aliphatic heterocycles. The molecule has 0 aromatic rings. The van der Waals surface area contributed by atoms with E-state index in [1.54, 1.807) is 0 Å². The number of esters is 2. The molecule has 0 saturated carbocycles. The molecule has 1 N–H and O–H groups in total. The van der Waals surface area contributed by atoms with Gasteiger partial charge in [-0.05, 0) is 44.9 Å². The monoisotopic (exact) mass is 1100 g/mol. The number of carbonyl (C=O) groups excluding carboxylic acids is 2. The Balaban J connectivity index is 3.37. The summed E-state index contributed by atoms with van der Waals surface area (Å²) in [5, 5.41) is 9.71. The van der Waals surface area contributed by atoms with E-state index in [0.717, 1.165) is 38.5 Å². The number of unbranched alkanes of at least 4 members (excludes halogenated alkanes) is 56. The van der Waals surface area contributed by atoms with Gasteiger partial charge in [0.25, 0.3) is 0 Å². The summed E-state index contributed by atoms with van der Waals surface area (Å²) < 4.78 is 10.8. The first-order chi connectivity index (χ1) is 38.6. The summed E-state index contributed by atoms with van der Waals surface area (Å²) in [4.78, 5) is 24.7. The van der Waals surface area contributed by atoms with Crippen LogP contribution in [-0.2, 0) is 19.1 Å². The van der Waals surface area contributed by atoms with Crippen molar-refractivity contribution in [3.8, 4) is 0 Å². The van der Waals surface area contributed by atoms with Gasteiger partial charge in [0, 0.05) is 12.8 Å². The number of hydrogen-bond acceptors (Lipinski definition) is 5. The summed E-state index contributed by atoms with van der Waals surface area (Å²) in [7, 11) is 0. The van der Waals surface area contributed by atoms with Gasteiger partial charge in [0.15, 0.2) is 6.10 Å². The average molecular weight is 1100 g/mol. The summed E-state index contributed by atoms with van der Waals surface area (Å²) in [6, 6.07) is 0. The van der Waals surface area contributed by atoms with Gasteiger partial charge in [-0.25, -0.2) is 0 Å². The molecule has 5 heteroatoms. The van der Waals surface area contributed by atoms with Crippen molar-refractivity contribution >= 4 is 11.9 Å². The minimum Gasteiger partial charge on any atom is -0.462 e. The number of allylic oxidation sites excluding steroid dienone is 4. The van der Waals surface area contributed by atoms with Crippen molar-refractivity contribution in [2.45, 2.75) is 418 Å². The third kappa shape index (κ3) is 66.9. The second kappa shape index (κ2) is 69.6. The Morgan fingerprint density at radius 1 is 0.295 bits per heavy atom. The second-order valence-corrected chi connectivity index (χ2v) is 24.7. The second-order valence-electron chi connectivity index (χ2n) is 24.7. The fourth-order valence-corrected chi connectivity index (χ4v) is 11.4. The molecule has 0 spiro atoms. The van der Waals surface area contributed by atoms with Crippen molar-refractivity contribution in [1.29, 1.82) is 0 Å². The Bertz CT molecular complexity index is 1200. The lowest BCUT2D eigenvalue weighted by Gasteiger charge is -2.15. The van der Waals surface area contributed by atoms with Gasteiger partial charge in [-0.2, -0.15) is 0 Å². The van der Waals surface area contributed by atoms with Gasteiger partial charge in [-0.3, -0.25) is 9.59 Å². The van der Waals surface area contributed by atoms with Gasteiger partial charge >= 0.3 is 11.9 Å². The van der Waals surface area contributed by atoms with E-state index in [1.165, 1.54) is 347 Å². The van der Waals surface area contributed by atoms with Crippen LogP contribution < -0.4 is 0 Å². The van der Waals surface area contributed by atoms with Gasteiger partial charge in [0.1, 0.15) is 6.61 Å². The molecule has 78 heavy (non-hydrogen) atoms. The third-order valence-corrected chi connectivity index (χ3v) is 16.7. The highest BCUT2D eigenvalue weighted by atomic mass is 16.6. The zero-order valence-corrected chi connectivity index (χ0v) is 53.2. The van der Waals surface area contributed by atoms with Crippen LogP contribution in [0.4, 0.5) is 0 Å². The van der Waals surface area contributed by atoms with E-state index in [4.69, 9.17) is 9.47 Å². The molecule has 0 aromatic heterocycles. The first-order valence-corrected chi connectivity index (χ1v) is 35.9. The third-order valence-electron chi connectivity index (χ3n) is 16.7. The summed E-state index contributed by atoms with van der Waals surface area (Å²) in [5.74, 6) is -0.562. The number of aliphatic hydroxyl groups is 1. The minimum atomic E-state index is -0.768. The maximum absolute atomic E-state index is 12.4. The van der Waals surface area contributed by atoms with Crippen LogP contribution in [0.1, 0.15) is 412 Å². The molecule has 1 unspecified atom stereocenters. The lowest BCUT2D eigenvalue weighted by Crippen LogP contribution is -2.28. The lowest BCUT2D eigenvalue weighted by molar-refractivity contribution is -0.161. The lowest BCUT2D eigenvalue weighted by atomic mass is 10.0. The fraction of sp³-hybridized carbons (Fsp3) is 0.918. The smallest absolute Gasteiger partial charge is 0.306 e. The van der Waals surface area contributed by atoms with E-state index in [0.29, 0.717) is 12.8 Å². The van der Waals surface area contributed by atoms with Crippen molar-refractivity contribution in [2.24, 2.45) is 0 Å². The Morgan fingerprint density at radius 3 is 0.756 bits per heavy atom. The molecule has 1 atom stereocenters. The van der Waals surface area contributed by atoms with Crippen LogP contribution in [0.5, 0.6) is 0 Å². The molecule has 0 amide bonds. The molecule has 0 radical (unpaired) electrons. The predicted octanol–water partition coefficient (Wildman–Crippen LogP) is 24.8. The molecule has 5 nitrogen and oxygen atoms in total. The molecule has 0 aliphatic carbocycles. The van der Waals surface area contributed by atoms with Gasteiger partial charge < -0.3 is 14.6 Å². The van der Waals surface area contributed by atoms with Gasteiger partial charge in [0.2, 0.25) is 0 Å². The van der Waals surface area contributed by atoms with Crippen LogP contribution in [0.2, 0.25) is 0 Å². The normalized spacial score (nSPS) is 12.2. The van der Waals surface area contributed by atoms with Crippen LogP contribution in [0, 0.1) is 0 Å². The number of carbonyl (C=O) groups is 2. The molecule has 0 aliphatic rings. The summed E-state index contributed by atoms with van der Waals surface area (Å²) in [6.07, 6.45) is 90.9. The van der Waals surface area contributed by atoms with Crippen LogP contribution in [0.3, 0.4) is 0 Å². The van der Waals surface area contributed by atoms with Crippen molar-refractivity contribution in [3.05, 3.63) is 24.3 Å². The SMILES string of the molecule is CCCCCCC/C=C\C/C=C\CCCCCCCCCCCCCCCCCCCCCCCC(=O)OC(CO)COC(=O)CCCCCCCCCCCCCCCCCCCCCCCCCCCCCCCCC. The van der Waals surface area contributed by atoms with E-state index in [9.17, 15) is 14.7 Å². The van der Waals surface area contributed by atoms with Gasteiger partial charge in [-0.1, -0.05) is 378 Å². The van der Waals surface area contributed by atoms with E-state index in [-0.39, 0.29) is 25.2 Å². The topological polar surface area (TPSA) is 72.8 Å². The highest BCUT2D eigenvalue weighted by molar-refractivity contribution is 5.70. The highest BCUT2D eigenvalue weighted by Crippen LogP contribution is 2.19. The summed E-state index contributed by atoms with van der Waals surface area (Å²) in [5.41, 5.74) is 0. The summed E-state index contributed by atoms with van der Waals surface area (Å²) in [6.45, 7) is 4.20. The van der Waals surface area contributed by atoms with Crippen LogP contribution in [-0.4, -0.2) is 36.4 Å². The van der Waals surface area contributed by atoms with Crippen molar-refractivity contribution in [1.82, 2.24) is 0 Å². The minimum absolute atomic E-state index is 0.0574.